The quantitative estimate of drug-likeness (QED) is 0.366. The molecule has 7 heteroatoms. The highest BCUT2D eigenvalue weighted by Gasteiger charge is 2.24. The van der Waals surface area contributed by atoms with Gasteiger partial charge in [0.2, 0.25) is 0 Å². The minimum absolute atomic E-state index is 0.0150. The number of ether oxygens (including phenoxy) is 2. The number of hydrogen-bond donors (Lipinski definition) is 2. The van der Waals surface area contributed by atoms with Crippen LogP contribution in [0.3, 0.4) is 0 Å². The van der Waals surface area contributed by atoms with Gasteiger partial charge >= 0.3 is 0 Å². The molecule has 0 radical (unpaired) electrons. The molecule has 0 aromatic heterocycles. The zero-order chi connectivity index (χ0) is 15.2. The summed E-state index contributed by atoms with van der Waals surface area (Å²) in [6.45, 7) is 3.39. The van der Waals surface area contributed by atoms with E-state index in [1.807, 2.05) is 6.92 Å². The van der Waals surface area contributed by atoms with E-state index in [2.05, 4.69) is 5.16 Å². The van der Waals surface area contributed by atoms with E-state index in [4.69, 9.17) is 20.4 Å². The van der Waals surface area contributed by atoms with Crippen LogP contribution in [0.4, 0.5) is 0 Å². The molecule has 1 aliphatic heterocycles. The molecular formula is C14H19N3O4. The van der Waals surface area contributed by atoms with Gasteiger partial charge < -0.3 is 25.3 Å². The van der Waals surface area contributed by atoms with Gasteiger partial charge in [0.1, 0.15) is 13.2 Å². The number of para-hydroxylation sites is 1. The second-order valence-corrected chi connectivity index (χ2v) is 4.65. The minimum Gasteiger partial charge on any atom is -0.486 e. The second kappa shape index (κ2) is 6.83. The molecule has 0 aliphatic carbocycles. The molecule has 0 bridgehead atoms. The van der Waals surface area contributed by atoms with Crippen LogP contribution in [0.1, 0.15) is 23.7 Å². The van der Waals surface area contributed by atoms with Gasteiger partial charge in [0.25, 0.3) is 5.91 Å². The second-order valence-electron chi connectivity index (χ2n) is 4.65. The summed E-state index contributed by atoms with van der Waals surface area (Å²) in [6.07, 6.45) is 0.761. The molecule has 1 heterocycles. The largest absolute Gasteiger partial charge is 0.486 e. The van der Waals surface area contributed by atoms with Crippen molar-refractivity contribution in [1.82, 2.24) is 4.90 Å². The molecule has 1 aromatic carbocycles. The van der Waals surface area contributed by atoms with Crippen molar-refractivity contribution in [2.75, 3.05) is 26.3 Å². The Morgan fingerprint density at radius 1 is 1.43 bits per heavy atom. The number of hydrogen-bond acceptors (Lipinski definition) is 5. The highest BCUT2D eigenvalue weighted by molar-refractivity contribution is 6.00. The summed E-state index contributed by atoms with van der Waals surface area (Å²) in [5, 5.41) is 11.6. The SMILES string of the molecule is CCCN(CC(N)=NO)C(=O)c1cccc2c1OCCO2. The number of oxime groups is 1. The lowest BCUT2D eigenvalue weighted by molar-refractivity contribution is 0.0767. The van der Waals surface area contributed by atoms with Gasteiger partial charge in [-0.3, -0.25) is 4.79 Å². The number of nitrogens with zero attached hydrogens (tertiary/aromatic N) is 2. The predicted molar refractivity (Wildman–Crippen MR) is 77.0 cm³/mol. The Hall–Kier alpha value is -2.44. The number of rotatable bonds is 5. The summed E-state index contributed by atoms with van der Waals surface area (Å²) in [5.74, 6) is 0.770. The van der Waals surface area contributed by atoms with Crippen molar-refractivity contribution >= 4 is 11.7 Å². The summed E-state index contributed by atoms with van der Waals surface area (Å²) in [6, 6.07) is 5.19. The number of nitrogens with two attached hydrogens (primary N) is 1. The van der Waals surface area contributed by atoms with Crippen LogP contribution in [0.5, 0.6) is 11.5 Å². The van der Waals surface area contributed by atoms with Crippen molar-refractivity contribution < 1.29 is 19.5 Å². The first kappa shape index (κ1) is 15.0. The lowest BCUT2D eigenvalue weighted by Gasteiger charge is -2.25. The predicted octanol–water partition coefficient (Wildman–Crippen LogP) is 1.06. The molecule has 0 saturated carbocycles. The Morgan fingerprint density at radius 3 is 2.90 bits per heavy atom. The molecule has 1 amide bonds. The Balaban J connectivity index is 2.28. The maximum atomic E-state index is 12.7. The summed E-state index contributed by atoms with van der Waals surface area (Å²) >= 11 is 0. The van der Waals surface area contributed by atoms with Gasteiger partial charge in [-0.1, -0.05) is 18.1 Å². The van der Waals surface area contributed by atoms with Gasteiger partial charge in [0.05, 0.1) is 12.1 Å². The van der Waals surface area contributed by atoms with E-state index in [0.29, 0.717) is 36.8 Å². The Bertz CT molecular complexity index is 545. The van der Waals surface area contributed by atoms with Gasteiger partial charge in [-0.25, -0.2) is 0 Å². The monoisotopic (exact) mass is 293 g/mol. The van der Waals surface area contributed by atoms with Crippen LogP contribution in [0.15, 0.2) is 23.4 Å². The fraction of sp³-hybridized carbons (Fsp3) is 0.429. The maximum Gasteiger partial charge on any atom is 0.258 e. The summed E-state index contributed by atoms with van der Waals surface area (Å²) in [5.41, 5.74) is 5.93. The van der Waals surface area contributed by atoms with Crippen LogP contribution in [0.25, 0.3) is 0 Å². The molecule has 7 nitrogen and oxygen atoms in total. The van der Waals surface area contributed by atoms with Gasteiger partial charge in [0.15, 0.2) is 17.3 Å². The van der Waals surface area contributed by atoms with Crippen LogP contribution in [0.2, 0.25) is 0 Å². The van der Waals surface area contributed by atoms with Crippen molar-refractivity contribution in [2.24, 2.45) is 10.9 Å². The average molecular weight is 293 g/mol. The number of benzene rings is 1. The first-order valence-corrected chi connectivity index (χ1v) is 6.81. The van der Waals surface area contributed by atoms with E-state index in [1.165, 1.54) is 4.90 Å². The fourth-order valence-corrected chi connectivity index (χ4v) is 2.16. The summed E-state index contributed by atoms with van der Waals surface area (Å²) in [4.78, 5) is 14.2. The van der Waals surface area contributed by atoms with Gasteiger partial charge in [-0.2, -0.15) is 0 Å². The van der Waals surface area contributed by atoms with Crippen LogP contribution in [-0.4, -0.2) is 48.2 Å². The van der Waals surface area contributed by atoms with E-state index in [0.717, 1.165) is 6.42 Å². The van der Waals surface area contributed by atoms with Crippen molar-refractivity contribution in [3.05, 3.63) is 23.8 Å². The van der Waals surface area contributed by atoms with Crippen LogP contribution < -0.4 is 15.2 Å². The van der Waals surface area contributed by atoms with Crippen LogP contribution >= 0.6 is 0 Å². The maximum absolute atomic E-state index is 12.7. The van der Waals surface area contributed by atoms with Gasteiger partial charge in [-0.05, 0) is 18.6 Å². The van der Waals surface area contributed by atoms with Crippen molar-refractivity contribution in [3.8, 4) is 11.5 Å². The third-order valence-corrected chi connectivity index (χ3v) is 3.06. The van der Waals surface area contributed by atoms with Gasteiger partial charge in [0, 0.05) is 6.54 Å². The molecule has 0 fully saturated rings. The molecule has 1 aromatic rings. The molecule has 21 heavy (non-hydrogen) atoms. The molecule has 0 atom stereocenters. The fourth-order valence-electron chi connectivity index (χ4n) is 2.16. The third kappa shape index (κ3) is 3.36. The van der Waals surface area contributed by atoms with E-state index in [-0.39, 0.29) is 18.3 Å². The first-order chi connectivity index (χ1) is 10.2. The highest BCUT2D eigenvalue weighted by atomic mass is 16.6. The molecule has 2 rings (SSSR count). The molecule has 3 N–H and O–H groups in total. The molecule has 0 spiro atoms. The number of carbonyl (C=O) groups is 1. The van der Waals surface area contributed by atoms with Crippen molar-refractivity contribution in [1.29, 1.82) is 0 Å². The molecule has 0 saturated heterocycles. The van der Waals surface area contributed by atoms with E-state index >= 15 is 0 Å². The Morgan fingerprint density at radius 2 is 2.19 bits per heavy atom. The summed E-state index contributed by atoms with van der Waals surface area (Å²) < 4.78 is 11.0. The first-order valence-electron chi connectivity index (χ1n) is 6.81. The Labute approximate surface area is 122 Å². The smallest absolute Gasteiger partial charge is 0.258 e. The van der Waals surface area contributed by atoms with E-state index in [9.17, 15) is 4.79 Å². The molecule has 1 aliphatic rings. The van der Waals surface area contributed by atoms with Crippen LogP contribution in [0, 0.1) is 0 Å². The number of amides is 1. The number of carbonyl (C=O) groups excluding carboxylic acids is 1. The summed E-state index contributed by atoms with van der Waals surface area (Å²) in [7, 11) is 0. The van der Waals surface area contributed by atoms with E-state index < -0.39 is 0 Å². The molecular weight excluding hydrogens is 274 g/mol. The van der Waals surface area contributed by atoms with E-state index in [1.54, 1.807) is 18.2 Å². The topological polar surface area (TPSA) is 97.4 Å². The standard InChI is InChI=1S/C14H19N3O4/c1-2-6-17(9-12(15)16-19)14(18)10-4-3-5-11-13(10)21-8-7-20-11/h3-5,19H,2,6-9H2,1H3,(H2,15,16). The normalized spacial score (nSPS) is 13.9. The molecule has 0 unspecified atom stereocenters. The lowest BCUT2D eigenvalue weighted by atomic mass is 10.1. The Kier molecular flexibility index (Phi) is 4.86. The zero-order valence-corrected chi connectivity index (χ0v) is 11.9. The van der Waals surface area contributed by atoms with Crippen LogP contribution in [-0.2, 0) is 0 Å². The average Bonchev–Trinajstić information content (AvgIpc) is 2.53. The zero-order valence-electron chi connectivity index (χ0n) is 11.9. The lowest BCUT2D eigenvalue weighted by Crippen LogP contribution is -2.39. The molecule has 114 valence electrons. The number of fused-ring (bicyclic) bond motifs is 1. The van der Waals surface area contributed by atoms with Crippen molar-refractivity contribution in [2.45, 2.75) is 13.3 Å². The third-order valence-electron chi connectivity index (χ3n) is 3.06. The van der Waals surface area contributed by atoms with Gasteiger partial charge in [-0.15, -0.1) is 0 Å². The minimum atomic E-state index is -0.231. The highest BCUT2D eigenvalue weighted by Crippen LogP contribution is 2.34. The van der Waals surface area contributed by atoms with Crippen molar-refractivity contribution in [3.63, 3.8) is 0 Å². The number of amidine groups is 1.